The number of fused-ring (bicyclic) bond motifs is 2. The minimum atomic E-state index is 0.0225. The molecule has 2 heterocycles. The third-order valence-corrected chi connectivity index (χ3v) is 7.32. The van der Waals surface area contributed by atoms with E-state index >= 15 is 0 Å². The first kappa shape index (κ1) is 22.5. The summed E-state index contributed by atoms with van der Waals surface area (Å²) in [6.07, 6.45) is 4.34. The smallest absolute Gasteiger partial charge is 0.251 e. The largest absolute Gasteiger partial charge is 0.497 e. The predicted molar refractivity (Wildman–Crippen MR) is 134 cm³/mol. The number of piperidine rings is 1. The monoisotopic (exact) mass is 456 g/mol. The second kappa shape index (κ2) is 9.90. The van der Waals surface area contributed by atoms with Gasteiger partial charge in [-0.3, -0.25) is 9.69 Å². The molecule has 5 heteroatoms. The lowest BCUT2D eigenvalue weighted by atomic mass is 9.96. The number of nitrogens with one attached hydrogen (secondary N) is 1. The molecule has 2 fully saturated rings. The highest BCUT2D eigenvalue weighted by Crippen LogP contribution is 2.38. The maximum absolute atomic E-state index is 13.0. The fraction of sp³-hybridized carbons (Fsp3) is 0.345. The van der Waals surface area contributed by atoms with Crippen LogP contribution in [0.2, 0.25) is 0 Å². The number of benzene rings is 3. The zero-order chi connectivity index (χ0) is 23.5. The van der Waals surface area contributed by atoms with Gasteiger partial charge < -0.3 is 14.8 Å². The van der Waals surface area contributed by atoms with Crippen LogP contribution in [0.1, 0.15) is 41.6 Å². The molecule has 5 rings (SSSR count). The molecule has 1 amide bonds. The summed E-state index contributed by atoms with van der Waals surface area (Å²) in [6.45, 7) is 0.865. The number of rotatable bonds is 7. The number of hydrogen-bond acceptors (Lipinski definition) is 4. The number of ether oxygens (including phenoxy) is 2. The first-order chi connectivity index (χ1) is 16.6. The molecule has 1 N–H and O–H groups in total. The maximum Gasteiger partial charge on any atom is 0.251 e. The van der Waals surface area contributed by atoms with Gasteiger partial charge in [-0.25, -0.2) is 0 Å². The number of hydrogen-bond donors (Lipinski definition) is 1. The molecule has 3 aromatic rings. The van der Waals surface area contributed by atoms with E-state index in [9.17, 15) is 4.79 Å². The molecule has 5 nitrogen and oxygen atoms in total. The van der Waals surface area contributed by atoms with Gasteiger partial charge >= 0.3 is 0 Å². The molecule has 2 saturated heterocycles. The molecule has 34 heavy (non-hydrogen) atoms. The van der Waals surface area contributed by atoms with Crippen LogP contribution in [0.3, 0.4) is 0 Å². The van der Waals surface area contributed by atoms with Crippen molar-refractivity contribution in [2.24, 2.45) is 0 Å². The van der Waals surface area contributed by atoms with E-state index in [-0.39, 0.29) is 11.9 Å². The van der Waals surface area contributed by atoms with Crippen molar-refractivity contribution in [3.63, 3.8) is 0 Å². The molecule has 2 bridgehead atoms. The Morgan fingerprint density at radius 2 is 1.56 bits per heavy atom. The number of carbonyl (C=O) groups excluding carboxylic acids is 1. The quantitative estimate of drug-likeness (QED) is 0.524. The Hall–Kier alpha value is -3.31. The van der Waals surface area contributed by atoms with Crippen molar-refractivity contribution >= 4 is 5.91 Å². The maximum atomic E-state index is 13.0. The number of amides is 1. The molecule has 0 spiro atoms. The molecule has 2 atom stereocenters. The van der Waals surface area contributed by atoms with Gasteiger partial charge in [0, 0.05) is 41.9 Å². The lowest BCUT2D eigenvalue weighted by Crippen LogP contribution is -2.50. The third kappa shape index (κ3) is 4.66. The Morgan fingerprint density at radius 1 is 0.882 bits per heavy atom. The highest BCUT2D eigenvalue weighted by Gasteiger charge is 2.41. The van der Waals surface area contributed by atoms with Crippen molar-refractivity contribution in [3.8, 4) is 22.6 Å². The first-order valence-electron chi connectivity index (χ1n) is 12.1. The van der Waals surface area contributed by atoms with Crippen LogP contribution < -0.4 is 14.8 Å². The van der Waals surface area contributed by atoms with Crippen molar-refractivity contribution in [1.29, 1.82) is 0 Å². The summed E-state index contributed by atoms with van der Waals surface area (Å²) in [5.41, 5.74) is 4.18. The van der Waals surface area contributed by atoms with E-state index < -0.39 is 0 Å². The SMILES string of the molecule is COc1ccc(CN2C3CCC2CC(NC(=O)c2ccc(-c4ccccc4)cc2)C3)c(OC)c1. The molecule has 2 aliphatic heterocycles. The summed E-state index contributed by atoms with van der Waals surface area (Å²) in [7, 11) is 3.38. The Morgan fingerprint density at radius 3 is 2.21 bits per heavy atom. The topological polar surface area (TPSA) is 50.8 Å². The molecule has 0 aromatic heterocycles. The Labute approximate surface area is 201 Å². The minimum absolute atomic E-state index is 0.0225. The lowest BCUT2D eigenvalue weighted by Gasteiger charge is -2.39. The summed E-state index contributed by atoms with van der Waals surface area (Å²) in [5.74, 6) is 1.70. The molecule has 0 saturated carbocycles. The van der Waals surface area contributed by atoms with E-state index in [1.807, 2.05) is 54.6 Å². The van der Waals surface area contributed by atoms with E-state index in [0.29, 0.717) is 12.1 Å². The van der Waals surface area contributed by atoms with Crippen molar-refractivity contribution in [3.05, 3.63) is 83.9 Å². The van der Waals surface area contributed by atoms with Crippen molar-refractivity contribution in [1.82, 2.24) is 10.2 Å². The Bertz CT molecular complexity index is 1120. The number of carbonyl (C=O) groups is 1. The zero-order valence-corrected chi connectivity index (χ0v) is 19.9. The average Bonchev–Trinajstić information content (AvgIpc) is 3.11. The molecule has 2 aliphatic rings. The van der Waals surface area contributed by atoms with E-state index in [4.69, 9.17) is 9.47 Å². The van der Waals surface area contributed by atoms with Crippen LogP contribution in [0.25, 0.3) is 11.1 Å². The third-order valence-electron chi connectivity index (χ3n) is 7.32. The second-order valence-electron chi connectivity index (χ2n) is 9.32. The van der Waals surface area contributed by atoms with E-state index in [1.165, 1.54) is 18.4 Å². The first-order valence-corrected chi connectivity index (χ1v) is 12.1. The number of methoxy groups -OCH3 is 2. The van der Waals surface area contributed by atoms with Gasteiger partial charge in [-0.1, -0.05) is 48.5 Å². The summed E-state index contributed by atoms with van der Waals surface area (Å²) in [4.78, 5) is 15.6. The lowest BCUT2D eigenvalue weighted by molar-refractivity contribution is 0.0826. The molecule has 176 valence electrons. The Balaban J connectivity index is 1.21. The standard InChI is InChI=1S/C29H32N2O3/c1-33-27-15-12-23(28(18-27)34-2)19-31-25-13-14-26(31)17-24(16-25)30-29(32)22-10-8-21(9-11-22)20-6-4-3-5-7-20/h3-12,15,18,24-26H,13-14,16-17,19H2,1-2H3,(H,30,32). The van der Waals surface area contributed by atoms with Crippen LogP contribution >= 0.6 is 0 Å². The van der Waals surface area contributed by atoms with E-state index in [1.54, 1.807) is 14.2 Å². The predicted octanol–water partition coefficient (Wildman–Crippen LogP) is 5.30. The van der Waals surface area contributed by atoms with Gasteiger partial charge in [0.1, 0.15) is 11.5 Å². The van der Waals surface area contributed by atoms with Crippen LogP contribution in [0, 0.1) is 0 Å². The molecular formula is C29H32N2O3. The number of nitrogens with zero attached hydrogens (tertiary/aromatic N) is 1. The van der Waals surface area contributed by atoms with Gasteiger partial charge in [0.15, 0.2) is 0 Å². The van der Waals surface area contributed by atoms with Gasteiger partial charge in [-0.2, -0.15) is 0 Å². The summed E-state index contributed by atoms with van der Waals surface area (Å²) >= 11 is 0. The van der Waals surface area contributed by atoms with Crippen LogP contribution in [0.5, 0.6) is 11.5 Å². The summed E-state index contributed by atoms with van der Waals surface area (Å²) in [6, 6.07) is 25.4. The molecule has 0 aliphatic carbocycles. The highest BCUT2D eigenvalue weighted by atomic mass is 16.5. The van der Waals surface area contributed by atoms with Crippen molar-refractivity contribution in [2.75, 3.05) is 14.2 Å². The zero-order valence-electron chi connectivity index (χ0n) is 19.9. The molecule has 3 aromatic carbocycles. The van der Waals surface area contributed by atoms with Crippen molar-refractivity contribution < 1.29 is 14.3 Å². The summed E-state index contributed by atoms with van der Waals surface area (Å²) in [5, 5.41) is 3.31. The van der Waals surface area contributed by atoms with Gasteiger partial charge in [0.25, 0.3) is 5.91 Å². The van der Waals surface area contributed by atoms with Crippen LogP contribution in [0.4, 0.5) is 0 Å². The molecular weight excluding hydrogens is 424 g/mol. The van der Waals surface area contributed by atoms with Gasteiger partial charge in [0.2, 0.25) is 0 Å². The molecule has 0 radical (unpaired) electrons. The normalized spacial score (nSPS) is 21.8. The molecule has 2 unspecified atom stereocenters. The van der Waals surface area contributed by atoms with Crippen LogP contribution in [-0.2, 0) is 6.54 Å². The highest BCUT2D eigenvalue weighted by molar-refractivity contribution is 5.94. The fourth-order valence-electron chi connectivity index (χ4n) is 5.54. The van der Waals surface area contributed by atoms with Crippen molar-refractivity contribution in [2.45, 2.75) is 50.4 Å². The Kier molecular flexibility index (Phi) is 6.54. The van der Waals surface area contributed by atoms with Crippen LogP contribution in [-0.4, -0.2) is 43.2 Å². The van der Waals surface area contributed by atoms with E-state index in [0.717, 1.165) is 47.6 Å². The second-order valence-corrected chi connectivity index (χ2v) is 9.32. The van der Waals surface area contributed by atoms with Crippen LogP contribution in [0.15, 0.2) is 72.8 Å². The van der Waals surface area contributed by atoms with Gasteiger partial charge in [-0.15, -0.1) is 0 Å². The minimum Gasteiger partial charge on any atom is -0.497 e. The van der Waals surface area contributed by atoms with E-state index in [2.05, 4.69) is 28.4 Å². The summed E-state index contributed by atoms with van der Waals surface area (Å²) < 4.78 is 11.0. The van der Waals surface area contributed by atoms with Gasteiger partial charge in [-0.05, 0) is 55.0 Å². The average molecular weight is 457 g/mol. The fourth-order valence-corrected chi connectivity index (χ4v) is 5.54. The van der Waals surface area contributed by atoms with Gasteiger partial charge in [0.05, 0.1) is 14.2 Å².